The average molecular weight is 476 g/mol. The van der Waals surface area contributed by atoms with E-state index >= 15 is 0 Å². The number of ether oxygens (including phenoxy) is 1. The number of aromatic hydroxyl groups is 1. The summed E-state index contributed by atoms with van der Waals surface area (Å²) in [5.74, 6) is -0.122. The predicted octanol–water partition coefficient (Wildman–Crippen LogP) is 5.60. The van der Waals surface area contributed by atoms with Crippen LogP contribution in [0.5, 0.6) is 11.5 Å². The summed E-state index contributed by atoms with van der Waals surface area (Å²) in [7, 11) is 0. The summed E-state index contributed by atoms with van der Waals surface area (Å²) < 4.78 is 11.6. The summed E-state index contributed by atoms with van der Waals surface area (Å²) in [6, 6.07) is 16.7. The lowest BCUT2D eigenvalue weighted by atomic mass is 9.97. The second-order valence-electron chi connectivity index (χ2n) is 8.26. The molecule has 172 valence electrons. The van der Waals surface area contributed by atoms with Gasteiger partial charge in [-0.2, -0.15) is 0 Å². The lowest BCUT2D eigenvalue weighted by Crippen LogP contribution is -2.29. The van der Waals surface area contributed by atoms with Gasteiger partial charge in [-0.15, -0.1) is 0 Å². The Hall–Kier alpha value is -3.77. The van der Waals surface area contributed by atoms with Gasteiger partial charge < -0.3 is 19.2 Å². The van der Waals surface area contributed by atoms with E-state index in [9.17, 15) is 14.7 Å². The highest BCUT2D eigenvalue weighted by Gasteiger charge is 2.43. The summed E-state index contributed by atoms with van der Waals surface area (Å²) in [6.45, 7) is 4.24. The maximum absolute atomic E-state index is 13.7. The van der Waals surface area contributed by atoms with Crippen LogP contribution in [-0.4, -0.2) is 22.5 Å². The summed E-state index contributed by atoms with van der Waals surface area (Å²) in [5, 5.41) is 11.2. The van der Waals surface area contributed by atoms with E-state index in [0.717, 1.165) is 11.1 Å². The van der Waals surface area contributed by atoms with Gasteiger partial charge in [-0.05, 0) is 55.3 Å². The van der Waals surface area contributed by atoms with E-state index in [-0.39, 0.29) is 34.8 Å². The molecular weight excluding hydrogens is 454 g/mol. The minimum atomic E-state index is -0.736. The van der Waals surface area contributed by atoms with Crippen LogP contribution < -0.4 is 10.2 Å². The Balaban J connectivity index is 1.74. The minimum absolute atomic E-state index is 0.0180. The third-order valence-corrected chi connectivity index (χ3v) is 6.39. The SMILES string of the molecule is CCOc1cc(C2c3c(oc4ccc(C)cc4c3=O)C(=O)N2Cc2ccccc2Cl)ccc1O. The van der Waals surface area contributed by atoms with Gasteiger partial charge in [0.05, 0.1) is 23.6 Å². The molecule has 1 amide bonds. The Morgan fingerprint density at radius 2 is 1.88 bits per heavy atom. The van der Waals surface area contributed by atoms with E-state index in [1.54, 1.807) is 35.2 Å². The van der Waals surface area contributed by atoms with Crippen molar-refractivity contribution in [1.29, 1.82) is 0 Å². The standard InChI is InChI=1S/C27H22ClNO5/c1-3-33-22-13-16(9-10-20(22)30)24-23-25(31)18-12-15(2)8-11-21(18)34-26(23)27(32)29(24)14-17-6-4-5-7-19(17)28/h4-13,24,30H,3,14H2,1-2H3. The van der Waals surface area contributed by atoms with Crippen LogP contribution in [0.3, 0.4) is 0 Å². The zero-order chi connectivity index (χ0) is 24.0. The molecule has 1 aliphatic heterocycles. The van der Waals surface area contributed by atoms with Crippen molar-refractivity contribution < 1.29 is 19.1 Å². The van der Waals surface area contributed by atoms with Crippen molar-refractivity contribution in [2.24, 2.45) is 0 Å². The Bertz CT molecular complexity index is 1490. The number of aryl methyl sites for hydroxylation is 1. The predicted molar refractivity (Wildman–Crippen MR) is 130 cm³/mol. The number of nitrogens with zero attached hydrogens (tertiary/aromatic N) is 1. The molecule has 1 atom stereocenters. The van der Waals surface area contributed by atoms with Gasteiger partial charge in [-0.25, -0.2) is 0 Å². The van der Waals surface area contributed by atoms with Gasteiger partial charge in [0.1, 0.15) is 5.58 Å². The smallest absolute Gasteiger partial charge is 0.291 e. The number of halogens is 1. The summed E-state index contributed by atoms with van der Waals surface area (Å²) in [5.41, 5.74) is 2.65. The fourth-order valence-corrected chi connectivity index (χ4v) is 4.62. The van der Waals surface area contributed by atoms with Crippen LogP contribution in [0.2, 0.25) is 5.02 Å². The van der Waals surface area contributed by atoms with Gasteiger partial charge in [0.15, 0.2) is 16.9 Å². The molecule has 3 aromatic carbocycles. The molecule has 0 fully saturated rings. The van der Waals surface area contributed by atoms with Gasteiger partial charge in [0.2, 0.25) is 5.76 Å². The first kappa shape index (κ1) is 22.0. The molecule has 7 heteroatoms. The van der Waals surface area contributed by atoms with Crippen molar-refractivity contribution in [2.45, 2.75) is 26.4 Å². The third kappa shape index (κ3) is 3.60. The topological polar surface area (TPSA) is 80.0 Å². The molecule has 0 spiro atoms. The molecule has 2 heterocycles. The number of hydrogen-bond acceptors (Lipinski definition) is 5. The number of carbonyl (C=O) groups excluding carboxylic acids is 1. The first-order chi connectivity index (χ1) is 16.4. The fourth-order valence-electron chi connectivity index (χ4n) is 4.43. The number of rotatable bonds is 5. The second-order valence-corrected chi connectivity index (χ2v) is 8.67. The molecule has 0 saturated carbocycles. The van der Waals surface area contributed by atoms with Crippen molar-refractivity contribution in [3.63, 3.8) is 0 Å². The van der Waals surface area contributed by atoms with Crippen LogP contribution in [0.25, 0.3) is 11.0 Å². The minimum Gasteiger partial charge on any atom is -0.504 e. The van der Waals surface area contributed by atoms with Crippen molar-refractivity contribution in [2.75, 3.05) is 6.61 Å². The van der Waals surface area contributed by atoms with Crippen LogP contribution in [0.4, 0.5) is 0 Å². The average Bonchev–Trinajstić information content (AvgIpc) is 3.09. The van der Waals surface area contributed by atoms with E-state index in [1.807, 2.05) is 38.1 Å². The Labute approximate surface area is 201 Å². The number of phenolic OH excluding ortho intramolecular Hbond substituents is 1. The molecule has 1 aliphatic rings. The molecule has 5 rings (SSSR count). The van der Waals surface area contributed by atoms with Gasteiger partial charge >= 0.3 is 0 Å². The third-order valence-electron chi connectivity index (χ3n) is 6.02. The zero-order valence-electron chi connectivity index (χ0n) is 18.7. The highest BCUT2D eigenvalue weighted by atomic mass is 35.5. The molecule has 34 heavy (non-hydrogen) atoms. The van der Waals surface area contributed by atoms with Gasteiger partial charge in [0, 0.05) is 11.6 Å². The molecule has 1 aromatic heterocycles. The Kier molecular flexibility index (Phi) is 5.54. The zero-order valence-corrected chi connectivity index (χ0v) is 19.4. The Morgan fingerprint density at radius 3 is 2.65 bits per heavy atom. The first-order valence-electron chi connectivity index (χ1n) is 11.0. The number of amides is 1. The summed E-state index contributed by atoms with van der Waals surface area (Å²) >= 11 is 6.40. The molecule has 0 radical (unpaired) electrons. The maximum Gasteiger partial charge on any atom is 0.291 e. The highest BCUT2D eigenvalue weighted by molar-refractivity contribution is 6.31. The van der Waals surface area contributed by atoms with Crippen LogP contribution in [0, 0.1) is 6.92 Å². The van der Waals surface area contributed by atoms with Crippen LogP contribution >= 0.6 is 11.6 Å². The molecule has 0 aliphatic carbocycles. The number of carbonyl (C=O) groups is 1. The molecule has 4 aromatic rings. The van der Waals surface area contributed by atoms with E-state index in [4.69, 9.17) is 20.8 Å². The van der Waals surface area contributed by atoms with Crippen molar-refractivity contribution in [3.05, 3.63) is 104 Å². The molecule has 1 unspecified atom stereocenters. The highest BCUT2D eigenvalue weighted by Crippen LogP contribution is 2.42. The second kappa shape index (κ2) is 8.54. The number of benzene rings is 3. The maximum atomic E-state index is 13.7. The van der Waals surface area contributed by atoms with Gasteiger partial charge in [-0.3, -0.25) is 9.59 Å². The lowest BCUT2D eigenvalue weighted by Gasteiger charge is -2.26. The van der Waals surface area contributed by atoms with Crippen LogP contribution in [0.1, 0.15) is 45.8 Å². The first-order valence-corrected chi connectivity index (χ1v) is 11.3. The summed E-state index contributed by atoms with van der Waals surface area (Å²) in [6.07, 6.45) is 0. The van der Waals surface area contributed by atoms with Crippen molar-refractivity contribution >= 4 is 28.5 Å². The van der Waals surface area contributed by atoms with Gasteiger partial charge in [-0.1, -0.05) is 47.5 Å². The van der Waals surface area contributed by atoms with E-state index in [0.29, 0.717) is 28.2 Å². The van der Waals surface area contributed by atoms with E-state index in [2.05, 4.69) is 0 Å². The van der Waals surface area contributed by atoms with Crippen LogP contribution in [-0.2, 0) is 6.54 Å². The number of phenols is 1. The largest absolute Gasteiger partial charge is 0.504 e. The van der Waals surface area contributed by atoms with Crippen molar-refractivity contribution in [1.82, 2.24) is 4.90 Å². The quantitative estimate of drug-likeness (QED) is 0.406. The molecule has 1 N–H and O–H groups in total. The van der Waals surface area contributed by atoms with E-state index < -0.39 is 11.9 Å². The molecular formula is C27H22ClNO5. The normalized spacial score (nSPS) is 15.1. The summed E-state index contributed by atoms with van der Waals surface area (Å²) in [4.78, 5) is 28.9. The molecule has 6 nitrogen and oxygen atoms in total. The molecule has 0 bridgehead atoms. The van der Waals surface area contributed by atoms with E-state index in [1.165, 1.54) is 6.07 Å². The molecule has 0 saturated heterocycles. The monoisotopic (exact) mass is 475 g/mol. The van der Waals surface area contributed by atoms with Crippen LogP contribution in [0.15, 0.2) is 69.9 Å². The number of hydrogen-bond donors (Lipinski definition) is 1. The Morgan fingerprint density at radius 1 is 1.09 bits per heavy atom. The van der Waals surface area contributed by atoms with Crippen molar-refractivity contribution in [3.8, 4) is 11.5 Å². The lowest BCUT2D eigenvalue weighted by molar-refractivity contribution is 0.0714. The number of fused-ring (bicyclic) bond motifs is 2. The van der Waals surface area contributed by atoms with Gasteiger partial charge in [0.25, 0.3) is 5.91 Å². The fraction of sp³-hybridized carbons (Fsp3) is 0.185.